The third kappa shape index (κ3) is 1.15. The van der Waals surface area contributed by atoms with Crippen LogP contribution >= 0.6 is 22.6 Å². The zero-order chi connectivity index (χ0) is 8.55. The average molecular weight is 278 g/mol. The molecule has 0 amide bonds. The maximum atomic E-state index is 12.7. The Balaban J connectivity index is 2.80. The van der Waals surface area contributed by atoms with Gasteiger partial charge in [0.2, 0.25) is 0 Å². The highest BCUT2D eigenvalue weighted by Crippen LogP contribution is 2.13. The highest BCUT2D eigenvalue weighted by Gasteiger charge is 2.07. The monoisotopic (exact) mass is 278 g/mol. The summed E-state index contributed by atoms with van der Waals surface area (Å²) in [6, 6.07) is 0. The fourth-order valence-electron chi connectivity index (χ4n) is 0.961. The molecule has 0 saturated heterocycles. The van der Waals surface area contributed by atoms with Gasteiger partial charge in [-0.3, -0.25) is 0 Å². The Morgan fingerprint density at radius 1 is 1.50 bits per heavy atom. The summed E-state index contributed by atoms with van der Waals surface area (Å²) in [7, 11) is 0. The Morgan fingerprint density at radius 3 is 3.08 bits per heavy atom. The fourth-order valence-corrected chi connectivity index (χ4v) is 1.51. The summed E-state index contributed by atoms with van der Waals surface area (Å²) in [6.07, 6.45) is 0.760. The quantitative estimate of drug-likeness (QED) is 0.487. The van der Waals surface area contributed by atoms with Gasteiger partial charge in [-0.25, -0.2) is 9.97 Å². The topological polar surface area (TPSA) is 54.5 Å². The predicted octanol–water partition coefficient (Wildman–Crippen LogP) is 1.43. The number of alkyl halides is 1. The lowest BCUT2D eigenvalue weighted by Crippen LogP contribution is -1.95. The normalized spacial score (nSPS) is 10.8. The molecule has 0 aliphatic rings. The molecule has 0 aromatic carbocycles. The molecular weight excluding hydrogens is 274 g/mol. The Kier molecular flexibility index (Phi) is 1.91. The van der Waals surface area contributed by atoms with Crippen LogP contribution in [0.4, 0.5) is 4.39 Å². The van der Waals surface area contributed by atoms with Gasteiger partial charge in [0, 0.05) is 4.43 Å². The van der Waals surface area contributed by atoms with E-state index in [0.29, 0.717) is 21.3 Å². The van der Waals surface area contributed by atoms with E-state index in [2.05, 4.69) is 42.5 Å². The van der Waals surface area contributed by atoms with Crippen molar-refractivity contribution in [3.05, 3.63) is 18.1 Å². The molecule has 4 nitrogen and oxygen atoms in total. The first-order valence-corrected chi connectivity index (χ1v) is 4.75. The number of hydrogen-bond donors (Lipinski definition) is 1. The number of nitrogens with one attached hydrogen (secondary N) is 1. The fraction of sp³-hybridized carbons (Fsp3) is 0.167. The van der Waals surface area contributed by atoms with Crippen LogP contribution in [-0.2, 0) is 4.43 Å². The highest BCUT2D eigenvalue weighted by molar-refractivity contribution is 14.1. The highest BCUT2D eigenvalue weighted by atomic mass is 127. The maximum absolute atomic E-state index is 12.7. The largest absolute Gasteiger partial charge is 0.342 e. The molecule has 0 aliphatic carbocycles. The number of rotatable bonds is 1. The van der Waals surface area contributed by atoms with E-state index in [-0.39, 0.29) is 0 Å². The zero-order valence-corrected chi connectivity index (χ0v) is 8.04. The van der Waals surface area contributed by atoms with E-state index in [0.717, 1.165) is 0 Å². The Labute approximate surface area is 80.8 Å². The minimum atomic E-state index is -0.721. The molecule has 0 saturated carbocycles. The van der Waals surface area contributed by atoms with Crippen molar-refractivity contribution in [1.82, 2.24) is 19.9 Å². The number of fused-ring (bicyclic) bond motifs is 1. The van der Waals surface area contributed by atoms with Crippen LogP contribution in [0.25, 0.3) is 11.2 Å². The number of H-pyrrole nitrogens is 1. The van der Waals surface area contributed by atoms with Crippen molar-refractivity contribution in [1.29, 1.82) is 0 Å². The van der Waals surface area contributed by atoms with E-state index in [9.17, 15) is 4.39 Å². The van der Waals surface area contributed by atoms with Gasteiger partial charge in [0.25, 0.3) is 0 Å². The molecular formula is C6H4FIN4. The molecule has 0 unspecified atom stereocenters. The SMILES string of the molecule is Fc1nc(CI)c2[nH]cnc2n1. The van der Waals surface area contributed by atoms with Crippen LogP contribution in [0, 0.1) is 6.08 Å². The lowest BCUT2D eigenvalue weighted by atomic mass is 10.4. The van der Waals surface area contributed by atoms with Crippen molar-refractivity contribution < 1.29 is 4.39 Å². The second-order valence-corrected chi connectivity index (χ2v) is 2.94. The molecule has 1 N–H and O–H groups in total. The van der Waals surface area contributed by atoms with Crippen molar-refractivity contribution in [2.75, 3.05) is 0 Å². The molecule has 2 aromatic heterocycles. The molecule has 2 heterocycles. The van der Waals surface area contributed by atoms with E-state index in [1.807, 2.05) is 0 Å². The summed E-state index contributed by atoms with van der Waals surface area (Å²) in [5.74, 6) is 0. The minimum Gasteiger partial charge on any atom is -0.342 e. The summed E-state index contributed by atoms with van der Waals surface area (Å²) in [5.41, 5.74) is 1.75. The van der Waals surface area contributed by atoms with Crippen molar-refractivity contribution in [3.8, 4) is 0 Å². The lowest BCUT2D eigenvalue weighted by Gasteiger charge is -1.95. The standard InChI is InChI=1S/C6H4FIN4/c7-6-11-3(1-8)4-5(12-6)10-2-9-4/h2H,1H2,(H,9,10,11,12). The van der Waals surface area contributed by atoms with Crippen LogP contribution in [0.15, 0.2) is 6.33 Å². The van der Waals surface area contributed by atoms with Crippen LogP contribution in [-0.4, -0.2) is 19.9 Å². The first-order chi connectivity index (χ1) is 5.81. The van der Waals surface area contributed by atoms with E-state index in [1.165, 1.54) is 6.33 Å². The summed E-state index contributed by atoms with van der Waals surface area (Å²) >= 11 is 2.11. The third-order valence-corrected chi connectivity index (χ3v) is 2.18. The molecule has 2 aromatic rings. The molecule has 0 bridgehead atoms. The molecule has 0 fully saturated rings. The summed E-state index contributed by atoms with van der Waals surface area (Å²) in [5, 5.41) is 0. The number of nitrogens with zero attached hydrogens (tertiary/aromatic N) is 3. The van der Waals surface area contributed by atoms with Crippen molar-refractivity contribution in [3.63, 3.8) is 0 Å². The molecule has 2 rings (SSSR count). The van der Waals surface area contributed by atoms with Crippen LogP contribution in [0.3, 0.4) is 0 Å². The smallest absolute Gasteiger partial charge is 0.311 e. The Bertz CT molecular complexity index is 413. The number of aromatic amines is 1. The van der Waals surface area contributed by atoms with Crippen LogP contribution in [0.1, 0.15) is 5.69 Å². The maximum Gasteiger partial charge on any atom is 0.311 e. The predicted molar refractivity (Wildman–Crippen MR) is 49.4 cm³/mol. The van der Waals surface area contributed by atoms with Crippen molar-refractivity contribution >= 4 is 33.8 Å². The van der Waals surface area contributed by atoms with Gasteiger partial charge < -0.3 is 4.98 Å². The number of halogens is 2. The van der Waals surface area contributed by atoms with Crippen molar-refractivity contribution in [2.24, 2.45) is 0 Å². The lowest BCUT2D eigenvalue weighted by molar-refractivity contribution is 0.540. The van der Waals surface area contributed by atoms with Gasteiger partial charge in [-0.15, -0.1) is 0 Å². The summed E-state index contributed by atoms with van der Waals surface area (Å²) < 4.78 is 13.3. The van der Waals surface area contributed by atoms with Gasteiger partial charge in [0.15, 0.2) is 5.65 Å². The van der Waals surface area contributed by atoms with E-state index < -0.39 is 6.08 Å². The zero-order valence-electron chi connectivity index (χ0n) is 5.88. The van der Waals surface area contributed by atoms with Gasteiger partial charge in [0.05, 0.1) is 12.0 Å². The second-order valence-electron chi connectivity index (χ2n) is 2.17. The first-order valence-electron chi connectivity index (χ1n) is 3.22. The van der Waals surface area contributed by atoms with E-state index >= 15 is 0 Å². The summed E-state index contributed by atoms with van der Waals surface area (Å²) in [6.45, 7) is 0. The molecule has 0 radical (unpaired) electrons. The average Bonchev–Trinajstić information content (AvgIpc) is 2.50. The van der Waals surface area contributed by atoms with Crippen LogP contribution < -0.4 is 0 Å². The van der Waals surface area contributed by atoms with Gasteiger partial charge in [-0.2, -0.15) is 9.37 Å². The van der Waals surface area contributed by atoms with Gasteiger partial charge in [-0.1, -0.05) is 22.6 Å². The number of aromatic nitrogens is 4. The van der Waals surface area contributed by atoms with Gasteiger partial charge >= 0.3 is 6.08 Å². The number of hydrogen-bond acceptors (Lipinski definition) is 3. The molecule has 0 aliphatic heterocycles. The van der Waals surface area contributed by atoms with Crippen molar-refractivity contribution in [2.45, 2.75) is 4.43 Å². The van der Waals surface area contributed by atoms with Crippen LogP contribution in [0.5, 0.6) is 0 Å². The Hall–Kier alpha value is -0.790. The second kappa shape index (κ2) is 2.92. The summed E-state index contributed by atoms with van der Waals surface area (Å²) in [4.78, 5) is 13.9. The third-order valence-electron chi connectivity index (χ3n) is 1.46. The van der Waals surface area contributed by atoms with E-state index in [4.69, 9.17) is 0 Å². The first kappa shape index (κ1) is 7.84. The minimum absolute atomic E-state index is 0.383. The molecule has 12 heavy (non-hydrogen) atoms. The molecule has 0 atom stereocenters. The Morgan fingerprint density at radius 2 is 2.33 bits per heavy atom. The van der Waals surface area contributed by atoms with Gasteiger partial charge in [-0.05, 0) is 0 Å². The molecule has 6 heteroatoms. The van der Waals surface area contributed by atoms with E-state index in [1.54, 1.807) is 0 Å². The number of imidazole rings is 1. The molecule has 62 valence electrons. The van der Waals surface area contributed by atoms with Crippen LogP contribution in [0.2, 0.25) is 0 Å². The van der Waals surface area contributed by atoms with Gasteiger partial charge in [0.1, 0.15) is 5.52 Å². The molecule has 0 spiro atoms.